The Bertz CT molecular complexity index is 1540. The fourth-order valence-corrected chi connectivity index (χ4v) is 5.94. The average Bonchev–Trinajstić information content (AvgIpc) is 3.28. The molecule has 0 aliphatic carbocycles. The SMILES string of the molecule is Cc1ccc(S(=O)(=O)n2c(Cc3c[nH]c4ccc(C)cc34)c(C)c3ccccc32)cc1. The van der Waals surface area contributed by atoms with Gasteiger partial charge in [0.15, 0.2) is 0 Å². The number of benzene rings is 3. The van der Waals surface area contributed by atoms with E-state index in [1.165, 1.54) is 9.54 Å². The van der Waals surface area contributed by atoms with Crippen LogP contribution in [0, 0.1) is 20.8 Å². The summed E-state index contributed by atoms with van der Waals surface area (Å²) in [6.07, 6.45) is 2.51. The van der Waals surface area contributed by atoms with Gasteiger partial charge in [0, 0.05) is 34.6 Å². The summed E-state index contributed by atoms with van der Waals surface area (Å²) in [5.41, 5.74) is 6.86. The molecule has 0 radical (unpaired) electrons. The second-order valence-corrected chi connectivity index (χ2v) is 10.00. The highest BCUT2D eigenvalue weighted by atomic mass is 32.2. The molecule has 2 aromatic heterocycles. The molecular weight excluding hydrogens is 404 g/mol. The Balaban J connectivity index is 1.76. The molecule has 4 nitrogen and oxygen atoms in total. The number of aryl methyl sites for hydroxylation is 3. The highest BCUT2D eigenvalue weighted by Gasteiger charge is 2.26. The number of hydrogen-bond acceptors (Lipinski definition) is 2. The fraction of sp³-hybridized carbons (Fsp3) is 0.154. The smallest absolute Gasteiger partial charge is 0.268 e. The van der Waals surface area contributed by atoms with Gasteiger partial charge in [0.2, 0.25) is 0 Å². The molecule has 0 spiro atoms. The van der Waals surface area contributed by atoms with Crippen molar-refractivity contribution < 1.29 is 8.42 Å². The molecule has 0 bridgehead atoms. The zero-order valence-corrected chi connectivity index (χ0v) is 18.6. The summed E-state index contributed by atoms with van der Waals surface area (Å²) in [4.78, 5) is 3.63. The lowest BCUT2D eigenvalue weighted by atomic mass is 10.0. The first kappa shape index (κ1) is 19.6. The number of nitrogens with one attached hydrogen (secondary N) is 1. The molecule has 5 rings (SSSR count). The molecule has 0 aliphatic rings. The topological polar surface area (TPSA) is 54.9 Å². The van der Waals surface area contributed by atoms with Gasteiger partial charge >= 0.3 is 0 Å². The van der Waals surface area contributed by atoms with Crippen molar-refractivity contribution in [2.75, 3.05) is 0 Å². The van der Waals surface area contributed by atoms with E-state index in [1.54, 1.807) is 12.1 Å². The first-order valence-corrected chi connectivity index (χ1v) is 11.8. The van der Waals surface area contributed by atoms with E-state index in [9.17, 15) is 8.42 Å². The van der Waals surface area contributed by atoms with Gasteiger partial charge in [-0.15, -0.1) is 0 Å². The number of fused-ring (bicyclic) bond motifs is 2. The van der Waals surface area contributed by atoms with Gasteiger partial charge in [0.1, 0.15) is 0 Å². The van der Waals surface area contributed by atoms with E-state index in [4.69, 9.17) is 0 Å². The van der Waals surface area contributed by atoms with E-state index < -0.39 is 10.0 Å². The molecule has 0 amide bonds. The van der Waals surface area contributed by atoms with E-state index >= 15 is 0 Å². The maximum Gasteiger partial charge on any atom is 0.268 e. The molecule has 31 heavy (non-hydrogen) atoms. The second kappa shape index (κ2) is 7.13. The lowest BCUT2D eigenvalue weighted by Gasteiger charge is -2.13. The normalized spacial score (nSPS) is 12.1. The number of para-hydroxylation sites is 1. The molecule has 156 valence electrons. The van der Waals surface area contributed by atoms with E-state index in [0.29, 0.717) is 16.8 Å². The fourth-order valence-electron chi connectivity index (χ4n) is 4.33. The number of aromatic amines is 1. The van der Waals surface area contributed by atoms with Crippen LogP contribution in [0.1, 0.15) is 27.9 Å². The molecule has 0 saturated heterocycles. The monoisotopic (exact) mass is 428 g/mol. The number of hydrogen-bond donors (Lipinski definition) is 1. The van der Waals surface area contributed by atoms with Gasteiger partial charge in [-0.3, -0.25) is 0 Å². The van der Waals surface area contributed by atoms with Gasteiger partial charge in [0.05, 0.1) is 10.4 Å². The highest BCUT2D eigenvalue weighted by Crippen LogP contribution is 2.33. The minimum absolute atomic E-state index is 0.301. The zero-order chi connectivity index (χ0) is 21.8. The van der Waals surface area contributed by atoms with Gasteiger partial charge in [-0.1, -0.05) is 47.5 Å². The third kappa shape index (κ3) is 3.17. The van der Waals surface area contributed by atoms with Crippen LogP contribution < -0.4 is 0 Å². The summed E-state index contributed by atoms with van der Waals surface area (Å²) in [6.45, 7) is 6.04. The van der Waals surface area contributed by atoms with Crippen molar-refractivity contribution >= 4 is 31.8 Å². The molecule has 0 fully saturated rings. The zero-order valence-electron chi connectivity index (χ0n) is 17.8. The average molecular weight is 429 g/mol. The standard InChI is InChI=1S/C26H24N2O2S/c1-17-8-11-21(12-9-17)31(29,30)28-25-7-5-4-6-22(25)19(3)26(28)15-20-16-27-24-13-10-18(2)14-23(20)24/h4-14,16,27H,15H2,1-3H3. The Morgan fingerprint density at radius 1 is 0.839 bits per heavy atom. The Morgan fingerprint density at radius 3 is 2.32 bits per heavy atom. The van der Waals surface area contributed by atoms with Crippen LogP contribution in [0.15, 0.2) is 77.8 Å². The third-order valence-electron chi connectivity index (χ3n) is 6.04. The number of aromatic nitrogens is 2. The Hall–Kier alpha value is -3.31. The largest absolute Gasteiger partial charge is 0.361 e. The summed E-state index contributed by atoms with van der Waals surface area (Å²) in [7, 11) is -3.75. The third-order valence-corrected chi connectivity index (χ3v) is 7.81. The molecular formula is C26H24N2O2S. The van der Waals surface area contributed by atoms with Gasteiger partial charge in [-0.05, 0) is 62.2 Å². The van der Waals surface area contributed by atoms with E-state index in [0.717, 1.165) is 38.7 Å². The highest BCUT2D eigenvalue weighted by molar-refractivity contribution is 7.90. The molecule has 3 aromatic carbocycles. The van der Waals surface area contributed by atoms with Crippen LogP contribution in [0.5, 0.6) is 0 Å². The predicted molar refractivity (Wildman–Crippen MR) is 126 cm³/mol. The van der Waals surface area contributed by atoms with Crippen molar-refractivity contribution in [1.29, 1.82) is 0 Å². The van der Waals surface area contributed by atoms with Crippen molar-refractivity contribution in [3.8, 4) is 0 Å². The minimum atomic E-state index is -3.75. The summed E-state index contributed by atoms with van der Waals surface area (Å²) < 4.78 is 29.1. The van der Waals surface area contributed by atoms with Crippen molar-refractivity contribution in [3.63, 3.8) is 0 Å². The lowest BCUT2D eigenvalue weighted by molar-refractivity contribution is 0.587. The van der Waals surface area contributed by atoms with Crippen LogP contribution >= 0.6 is 0 Å². The Labute approximate surface area is 182 Å². The number of H-pyrrole nitrogens is 1. The number of rotatable bonds is 4. The Kier molecular flexibility index (Phi) is 4.52. The molecule has 0 aliphatic heterocycles. The number of nitrogens with zero attached hydrogens (tertiary/aromatic N) is 1. The first-order chi connectivity index (χ1) is 14.9. The van der Waals surface area contributed by atoms with Crippen LogP contribution in [-0.4, -0.2) is 17.4 Å². The molecule has 2 heterocycles. The Morgan fingerprint density at radius 2 is 1.55 bits per heavy atom. The maximum absolute atomic E-state index is 13.8. The van der Waals surface area contributed by atoms with Crippen molar-refractivity contribution in [1.82, 2.24) is 8.96 Å². The van der Waals surface area contributed by atoms with Gasteiger partial charge < -0.3 is 4.98 Å². The van der Waals surface area contributed by atoms with Crippen LogP contribution in [0.4, 0.5) is 0 Å². The molecule has 0 saturated carbocycles. The molecule has 0 atom stereocenters. The van der Waals surface area contributed by atoms with E-state index in [1.807, 2.05) is 56.4 Å². The minimum Gasteiger partial charge on any atom is -0.361 e. The maximum atomic E-state index is 13.8. The van der Waals surface area contributed by atoms with Crippen molar-refractivity contribution in [3.05, 3.63) is 101 Å². The first-order valence-electron chi connectivity index (χ1n) is 10.3. The predicted octanol–water partition coefficient (Wildman–Crippen LogP) is 5.88. The van der Waals surface area contributed by atoms with Crippen LogP contribution in [0.2, 0.25) is 0 Å². The second-order valence-electron chi connectivity index (χ2n) is 8.21. The lowest BCUT2D eigenvalue weighted by Crippen LogP contribution is -2.16. The van der Waals surface area contributed by atoms with Crippen LogP contribution in [-0.2, 0) is 16.4 Å². The van der Waals surface area contributed by atoms with Crippen molar-refractivity contribution in [2.24, 2.45) is 0 Å². The quantitative estimate of drug-likeness (QED) is 0.389. The van der Waals surface area contributed by atoms with E-state index in [-0.39, 0.29) is 0 Å². The van der Waals surface area contributed by atoms with Crippen molar-refractivity contribution in [2.45, 2.75) is 32.1 Å². The summed E-state index contributed by atoms with van der Waals surface area (Å²) >= 11 is 0. The summed E-state index contributed by atoms with van der Waals surface area (Å²) in [6, 6.07) is 21.1. The summed E-state index contributed by atoms with van der Waals surface area (Å²) in [5.74, 6) is 0. The molecule has 5 heteroatoms. The van der Waals surface area contributed by atoms with Gasteiger partial charge in [-0.25, -0.2) is 12.4 Å². The van der Waals surface area contributed by atoms with Gasteiger partial charge in [-0.2, -0.15) is 0 Å². The molecule has 5 aromatic rings. The molecule has 1 N–H and O–H groups in total. The van der Waals surface area contributed by atoms with Crippen LogP contribution in [0.3, 0.4) is 0 Å². The van der Waals surface area contributed by atoms with Crippen LogP contribution in [0.25, 0.3) is 21.8 Å². The van der Waals surface area contributed by atoms with E-state index in [2.05, 4.69) is 30.1 Å². The molecule has 0 unspecified atom stereocenters. The summed E-state index contributed by atoms with van der Waals surface area (Å²) in [5, 5.41) is 2.09. The van der Waals surface area contributed by atoms with Gasteiger partial charge in [0.25, 0.3) is 10.0 Å².